The van der Waals surface area contributed by atoms with Crippen LogP contribution in [0.25, 0.3) is 0 Å². The lowest BCUT2D eigenvalue weighted by Gasteiger charge is -2.30. The summed E-state index contributed by atoms with van der Waals surface area (Å²) in [4.78, 5) is 12.9. The minimum absolute atomic E-state index is 0.234. The van der Waals surface area contributed by atoms with Crippen LogP contribution in [0.5, 0.6) is 0 Å². The number of carbonyl (C=O) groups is 1. The highest BCUT2D eigenvalue weighted by molar-refractivity contribution is 6.62. The molecule has 1 fully saturated rings. The van der Waals surface area contributed by atoms with Gasteiger partial charge in [0.05, 0.1) is 0 Å². The molecule has 0 radical (unpaired) electrons. The molecule has 12 heavy (non-hydrogen) atoms. The molecule has 0 saturated heterocycles. The predicted octanol–water partition coefficient (Wildman–Crippen LogP) is 3.00. The monoisotopic (exact) mass is 189 g/mol. The van der Waals surface area contributed by atoms with E-state index in [9.17, 15) is 4.79 Å². The zero-order valence-corrected chi connectivity index (χ0v) is 8.47. The van der Waals surface area contributed by atoms with Gasteiger partial charge in [0.1, 0.15) is 0 Å². The summed E-state index contributed by atoms with van der Waals surface area (Å²) in [6.45, 7) is 4.03. The van der Waals surface area contributed by atoms with Crippen LogP contribution in [0.3, 0.4) is 0 Å². The Morgan fingerprint density at radius 1 is 1.42 bits per heavy atom. The van der Waals surface area contributed by atoms with Gasteiger partial charge >= 0.3 is 5.37 Å². The summed E-state index contributed by atoms with van der Waals surface area (Å²) in [7, 11) is 0. The van der Waals surface area contributed by atoms with Gasteiger partial charge in [-0.05, 0) is 38.3 Å². The molecule has 0 aromatic carbocycles. The normalized spacial score (nSPS) is 18.7. The maximum Gasteiger partial charge on any atom is 0.316 e. The lowest BCUT2D eigenvalue weighted by atomic mass is 10.2. The average molecular weight is 190 g/mol. The minimum Gasteiger partial charge on any atom is -0.324 e. The second-order valence-electron chi connectivity index (χ2n) is 3.69. The standard InChI is InChI=1S/C9H16ClNO/c1-7(2)11(9(10)12)8-5-3-4-6-8/h7-8H,3-6H2,1-2H3. The average Bonchev–Trinajstić information content (AvgIpc) is 2.37. The maximum absolute atomic E-state index is 11.1. The Hall–Kier alpha value is -0.240. The van der Waals surface area contributed by atoms with Crippen LogP contribution in [-0.4, -0.2) is 22.3 Å². The number of amides is 1. The number of hydrogen-bond donors (Lipinski definition) is 0. The molecule has 0 spiro atoms. The van der Waals surface area contributed by atoms with Crippen molar-refractivity contribution in [2.75, 3.05) is 0 Å². The van der Waals surface area contributed by atoms with Gasteiger partial charge in [-0.1, -0.05) is 12.8 Å². The number of hydrogen-bond acceptors (Lipinski definition) is 1. The van der Waals surface area contributed by atoms with Crippen molar-refractivity contribution in [1.82, 2.24) is 4.90 Å². The lowest BCUT2D eigenvalue weighted by molar-refractivity contribution is 0.178. The highest BCUT2D eigenvalue weighted by atomic mass is 35.5. The summed E-state index contributed by atoms with van der Waals surface area (Å²) in [5, 5.41) is -0.295. The van der Waals surface area contributed by atoms with Gasteiger partial charge in [0.2, 0.25) is 0 Å². The third-order valence-electron chi connectivity index (χ3n) is 2.48. The first kappa shape index (κ1) is 9.85. The van der Waals surface area contributed by atoms with Crippen molar-refractivity contribution in [3.05, 3.63) is 0 Å². The van der Waals surface area contributed by atoms with Crippen LogP contribution < -0.4 is 0 Å². The van der Waals surface area contributed by atoms with Crippen molar-refractivity contribution in [2.45, 2.75) is 51.6 Å². The van der Waals surface area contributed by atoms with Crippen LogP contribution in [0.2, 0.25) is 0 Å². The second kappa shape index (κ2) is 4.13. The van der Waals surface area contributed by atoms with Gasteiger partial charge < -0.3 is 4.90 Å². The summed E-state index contributed by atoms with van der Waals surface area (Å²) >= 11 is 5.51. The third kappa shape index (κ3) is 2.13. The predicted molar refractivity (Wildman–Crippen MR) is 50.5 cm³/mol. The minimum atomic E-state index is -0.295. The highest BCUT2D eigenvalue weighted by Crippen LogP contribution is 2.25. The highest BCUT2D eigenvalue weighted by Gasteiger charge is 2.27. The first-order valence-corrected chi connectivity index (χ1v) is 4.98. The van der Waals surface area contributed by atoms with E-state index in [4.69, 9.17) is 11.6 Å². The quantitative estimate of drug-likeness (QED) is 0.483. The molecule has 1 rings (SSSR count). The van der Waals surface area contributed by atoms with Crippen molar-refractivity contribution in [3.63, 3.8) is 0 Å². The van der Waals surface area contributed by atoms with Crippen LogP contribution in [-0.2, 0) is 0 Å². The van der Waals surface area contributed by atoms with E-state index >= 15 is 0 Å². The largest absolute Gasteiger partial charge is 0.324 e. The van der Waals surface area contributed by atoms with Crippen LogP contribution in [0.4, 0.5) is 4.79 Å². The molecule has 0 aliphatic heterocycles. The summed E-state index contributed by atoms with van der Waals surface area (Å²) < 4.78 is 0. The molecule has 0 aromatic rings. The van der Waals surface area contributed by atoms with Gasteiger partial charge in [0.15, 0.2) is 0 Å². The van der Waals surface area contributed by atoms with Crippen LogP contribution >= 0.6 is 11.6 Å². The zero-order valence-electron chi connectivity index (χ0n) is 7.72. The van der Waals surface area contributed by atoms with Crippen molar-refractivity contribution >= 4 is 17.0 Å². The molecule has 1 amide bonds. The maximum atomic E-state index is 11.1. The molecule has 0 atom stereocenters. The van der Waals surface area contributed by atoms with E-state index in [1.54, 1.807) is 4.90 Å². The fourth-order valence-corrected chi connectivity index (χ4v) is 2.28. The van der Waals surface area contributed by atoms with E-state index < -0.39 is 0 Å². The molecule has 3 heteroatoms. The Labute approximate surface area is 78.9 Å². The van der Waals surface area contributed by atoms with E-state index in [0.717, 1.165) is 12.8 Å². The molecule has 0 aromatic heterocycles. The van der Waals surface area contributed by atoms with E-state index in [1.807, 2.05) is 13.8 Å². The van der Waals surface area contributed by atoms with Gasteiger partial charge in [0.25, 0.3) is 0 Å². The Bertz CT molecular complexity index is 164. The Kier molecular flexibility index (Phi) is 3.39. The van der Waals surface area contributed by atoms with Gasteiger partial charge in [0, 0.05) is 12.1 Å². The van der Waals surface area contributed by atoms with Gasteiger partial charge in [-0.2, -0.15) is 0 Å². The fourth-order valence-electron chi connectivity index (χ4n) is 1.95. The van der Waals surface area contributed by atoms with Crippen molar-refractivity contribution in [3.8, 4) is 0 Å². The number of carbonyl (C=O) groups excluding carboxylic acids is 1. The molecule has 70 valence electrons. The smallest absolute Gasteiger partial charge is 0.316 e. The fraction of sp³-hybridized carbons (Fsp3) is 0.889. The molecule has 1 aliphatic carbocycles. The Morgan fingerprint density at radius 2 is 1.92 bits per heavy atom. The first-order valence-electron chi connectivity index (χ1n) is 4.60. The summed E-state index contributed by atoms with van der Waals surface area (Å²) in [5.74, 6) is 0. The third-order valence-corrected chi connectivity index (χ3v) is 2.67. The van der Waals surface area contributed by atoms with Crippen molar-refractivity contribution in [2.24, 2.45) is 0 Å². The van der Waals surface area contributed by atoms with Crippen LogP contribution in [0, 0.1) is 0 Å². The molecule has 0 N–H and O–H groups in total. The van der Waals surface area contributed by atoms with E-state index in [1.165, 1.54) is 12.8 Å². The van der Waals surface area contributed by atoms with E-state index in [0.29, 0.717) is 6.04 Å². The molecule has 0 bridgehead atoms. The number of halogens is 1. The molecular weight excluding hydrogens is 174 g/mol. The SMILES string of the molecule is CC(C)N(C(=O)Cl)C1CCCC1. The lowest BCUT2D eigenvalue weighted by Crippen LogP contribution is -2.40. The summed E-state index contributed by atoms with van der Waals surface area (Å²) in [5.41, 5.74) is 0. The molecule has 1 aliphatic rings. The molecule has 2 nitrogen and oxygen atoms in total. The van der Waals surface area contributed by atoms with Crippen molar-refractivity contribution in [1.29, 1.82) is 0 Å². The number of nitrogens with zero attached hydrogens (tertiary/aromatic N) is 1. The Morgan fingerprint density at radius 3 is 2.25 bits per heavy atom. The van der Waals surface area contributed by atoms with Crippen LogP contribution in [0.15, 0.2) is 0 Å². The van der Waals surface area contributed by atoms with Gasteiger partial charge in [-0.15, -0.1) is 0 Å². The van der Waals surface area contributed by atoms with E-state index in [2.05, 4.69) is 0 Å². The topological polar surface area (TPSA) is 20.3 Å². The number of rotatable bonds is 2. The van der Waals surface area contributed by atoms with Gasteiger partial charge in [-0.25, -0.2) is 0 Å². The molecule has 0 heterocycles. The van der Waals surface area contributed by atoms with Gasteiger partial charge in [-0.3, -0.25) is 4.79 Å². The zero-order chi connectivity index (χ0) is 9.14. The summed E-state index contributed by atoms with van der Waals surface area (Å²) in [6, 6.07) is 0.632. The summed E-state index contributed by atoms with van der Waals surface area (Å²) in [6.07, 6.45) is 4.71. The molecule has 1 saturated carbocycles. The second-order valence-corrected chi connectivity index (χ2v) is 4.02. The van der Waals surface area contributed by atoms with Crippen molar-refractivity contribution < 1.29 is 4.79 Å². The first-order chi connectivity index (χ1) is 5.63. The van der Waals surface area contributed by atoms with E-state index in [-0.39, 0.29) is 11.4 Å². The molecule has 0 unspecified atom stereocenters. The van der Waals surface area contributed by atoms with Crippen LogP contribution in [0.1, 0.15) is 39.5 Å². The Balaban J connectivity index is 2.58. The molecular formula is C9H16ClNO.